The zero-order chi connectivity index (χ0) is 17.2. The molecule has 6 heteroatoms. The molecular formula is C18H16N2O4. The molecule has 3 amide bonds. The number of para-hydroxylation sites is 1. The first-order valence-corrected chi connectivity index (χ1v) is 7.19. The Morgan fingerprint density at radius 1 is 0.875 bits per heavy atom. The number of benzene rings is 2. The van der Waals surface area contributed by atoms with Gasteiger partial charge >= 0.3 is 12.0 Å². The van der Waals surface area contributed by atoms with Crippen molar-refractivity contribution in [1.29, 1.82) is 0 Å². The quantitative estimate of drug-likeness (QED) is 0.654. The summed E-state index contributed by atoms with van der Waals surface area (Å²) in [6.45, 7) is 0.111. The highest BCUT2D eigenvalue weighted by molar-refractivity contribution is 6.06. The molecule has 0 saturated heterocycles. The van der Waals surface area contributed by atoms with Crippen LogP contribution < -0.4 is 10.6 Å². The van der Waals surface area contributed by atoms with Crippen molar-refractivity contribution in [3.63, 3.8) is 0 Å². The summed E-state index contributed by atoms with van der Waals surface area (Å²) in [4.78, 5) is 34.6. The van der Waals surface area contributed by atoms with Gasteiger partial charge in [-0.05, 0) is 17.7 Å². The maximum absolute atomic E-state index is 11.6. The number of esters is 1. The van der Waals surface area contributed by atoms with Crippen LogP contribution in [0, 0.1) is 0 Å². The molecule has 0 aromatic heterocycles. The molecule has 0 unspecified atom stereocenters. The Bertz CT molecular complexity index is 727. The lowest BCUT2D eigenvalue weighted by Crippen LogP contribution is -2.33. The molecule has 0 saturated carbocycles. The molecule has 0 heterocycles. The second-order valence-corrected chi connectivity index (χ2v) is 4.74. The van der Waals surface area contributed by atoms with Gasteiger partial charge in [0.15, 0.2) is 0 Å². The first-order valence-electron chi connectivity index (χ1n) is 7.19. The van der Waals surface area contributed by atoms with Crippen molar-refractivity contribution >= 4 is 23.6 Å². The summed E-state index contributed by atoms with van der Waals surface area (Å²) in [5.74, 6) is -1.39. The van der Waals surface area contributed by atoms with E-state index in [0.717, 1.165) is 17.7 Å². The average Bonchev–Trinajstić information content (AvgIpc) is 2.60. The normalized spacial score (nSPS) is 10.2. The molecule has 6 nitrogen and oxygen atoms in total. The molecule has 2 aromatic carbocycles. The fraction of sp³-hybridized carbons (Fsp3) is 0.0556. The van der Waals surface area contributed by atoms with Crippen LogP contribution >= 0.6 is 0 Å². The molecular weight excluding hydrogens is 308 g/mol. The SMILES string of the molecule is O=C(C=CC(=O)OCc1ccccc1)NC(=O)Nc1ccccc1. The second kappa shape index (κ2) is 8.89. The number of rotatable bonds is 5. The van der Waals surface area contributed by atoms with Crippen LogP contribution in [0.1, 0.15) is 5.56 Å². The molecule has 0 fully saturated rings. The number of carbonyl (C=O) groups is 3. The van der Waals surface area contributed by atoms with Gasteiger partial charge in [-0.2, -0.15) is 0 Å². The van der Waals surface area contributed by atoms with Crippen LogP contribution in [0.4, 0.5) is 10.5 Å². The number of anilines is 1. The summed E-state index contributed by atoms with van der Waals surface area (Å²) in [7, 11) is 0. The van der Waals surface area contributed by atoms with Gasteiger partial charge in [-0.25, -0.2) is 9.59 Å². The third kappa shape index (κ3) is 6.15. The number of hydrogen-bond donors (Lipinski definition) is 2. The maximum Gasteiger partial charge on any atom is 0.331 e. The molecule has 0 aliphatic carbocycles. The van der Waals surface area contributed by atoms with Crippen molar-refractivity contribution < 1.29 is 19.1 Å². The Morgan fingerprint density at radius 2 is 1.50 bits per heavy atom. The van der Waals surface area contributed by atoms with Crippen molar-refractivity contribution in [1.82, 2.24) is 5.32 Å². The molecule has 0 spiro atoms. The molecule has 2 aromatic rings. The average molecular weight is 324 g/mol. The predicted molar refractivity (Wildman–Crippen MR) is 89.0 cm³/mol. The maximum atomic E-state index is 11.6. The summed E-state index contributed by atoms with van der Waals surface area (Å²) in [5.41, 5.74) is 1.39. The highest BCUT2D eigenvalue weighted by atomic mass is 16.5. The number of carbonyl (C=O) groups excluding carboxylic acids is 3. The minimum atomic E-state index is -0.722. The zero-order valence-electron chi connectivity index (χ0n) is 12.8. The van der Waals surface area contributed by atoms with Gasteiger partial charge in [0.05, 0.1) is 0 Å². The predicted octanol–water partition coefficient (Wildman–Crippen LogP) is 2.63. The first-order chi connectivity index (χ1) is 11.6. The van der Waals surface area contributed by atoms with Gasteiger partial charge in [-0.15, -0.1) is 0 Å². The highest BCUT2D eigenvalue weighted by Crippen LogP contribution is 2.04. The Kier molecular flexibility index (Phi) is 6.28. The minimum absolute atomic E-state index is 0.111. The lowest BCUT2D eigenvalue weighted by molar-refractivity contribution is -0.139. The van der Waals surface area contributed by atoms with Crippen LogP contribution in [0.3, 0.4) is 0 Å². The van der Waals surface area contributed by atoms with Crippen LogP contribution in [0.2, 0.25) is 0 Å². The van der Waals surface area contributed by atoms with Gasteiger partial charge < -0.3 is 10.1 Å². The van der Waals surface area contributed by atoms with Gasteiger partial charge in [0.25, 0.3) is 5.91 Å². The molecule has 0 aliphatic heterocycles. The molecule has 0 radical (unpaired) electrons. The van der Waals surface area contributed by atoms with E-state index in [1.165, 1.54) is 0 Å². The third-order valence-corrected chi connectivity index (χ3v) is 2.86. The number of imide groups is 1. The van der Waals surface area contributed by atoms with Crippen LogP contribution in [-0.2, 0) is 20.9 Å². The third-order valence-electron chi connectivity index (χ3n) is 2.86. The summed E-state index contributed by atoms with van der Waals surface area (Å²) < 4.78 is 4.97. The van der Waals surface area contributed by atoms with E-state index in [-0.39, 0.29) is 6.61 Å². The van der Waals surface area contributed by atoms with Crippen molar-refractivity contribution in [3.8, 4) is 0 Å². The van der Waals surface area contributed by atoms with Crippen molar-refractivity contribution in [2.75, 3.05) is 5.32 Å². The van der Waals surface area contributed by atoms with E-state index in [1.54, 1.807) is 30.3 Å². The van der Waals surface area contributed by atoms with E-state index in [4.69, 9.17) is 4.74 Å². The molecule has 24 heavy (non-hydrogen) atoms. The number of amides is 3. The Balaban J connectivity index is 1.73. The standard InChI is InChI=1S/C18H16N2O4/c21-16(20-18(23)19-15-9-5-2-6-10-15)11-12-17(22)24-13-14-7-3-1-4-8-14/h1-12H,13H2,(H2,19,20,21,23). The monoisotopic (exact) mass is 324 g/mol. The van der Waals surface area contributed by atoms with E-state index < -0.39 is 17.9 Å². The summed E-state index contributed by atoms with van der Waals surface area (Å²) in [6.07, 6.45) is 1.91. The molecule has 122 valence electrons. The van der Waals surface area contributed by atoms with Crippen molar-refractivity contribution in [3.05, 3.63) is 78.4 Å². The number of hydrogen-bond acceptors (Lipinski definition) is 4. The van der Waals surface area contributed by atoms with E-state index in [9.17, 15) is 14.4 Å². The summed E-state index contributed by atoms with van der Waals surface area (Å²) >= 11 is 0. The molecule has 0 bridgehead atoms. The van der Waals surface area contributed by atoms with Gasteiger partial charge in [0.1, 0.15) is 6.61 Å². The highest BCUT2D eigenvalue weighted by Gasteiger charge is 2.06. The summed E-state index contributed by atoms with van der Waals surface area (Å²) in [5, 5.41) is 4.56. The van der Waals surface area contributed by atoms with E-state index in [1.807, 2.05) is 30.3 Å². The molecule has 0 aliphatic rings. The smallest absolute Gasteiger partial charge is 0.331 e. The fourth-order valence-corrected chi connectivity index (χ4v) is 1.76. The zero-order valence-corrected chi connectivity index (χ0v) is 12.8. The van der Waals surface area contributed by atoms with Crippen LogP contribution in [-0.4, -0.2) is 17.9 Å². The van der Waals surface area contributed by atoms with E-state index in [0.29, 0.717) is 5.69 Å². The van der Waals surface area contributed by atoms with Crippen molar-refractivity contribution in [2.45, 2.75) is 6.61 Å². The Morgan fingerprint density at radius 3 is 2.17 bits per heavy atom. The van der Waals surface area contributed by atoms with E-state index in [2.05, 4.69) is 10.6 Å². The van der Waals surface area contributed by atoms with Gasteiger partial charge in [0, 0.05) is 17.8 Å². The second-order valence-electron chi connectivity index (χ2n) is 4.74. The first kappa shape index (κ1) is 17.0. The lowest BCUT2D eigenvalue weighted by atomic mass is 10.2. The molecule has 2 rings (SSSR count). The van der Waals surface area contributed by atoms with Gasteiger partial charge in [0.2, 0.25) is 0 Å². The number of nitrogens with one attached hydrogen (secondary N) is 2. The largest absolute Gasteiger partial charge is 0.458 e. The van der Waals surface area contributed by atoms with Crippen LogP contribution in [0.25, 0.3) is 0 Å². The molecule has 2 N–H and O–H groups in total. The van der Waals surface area contributed by atoms with Gasteiger partial charge in [-0.3, -0.25) is 10.1 Å². The number of ether oxygens (including phenoxy) is 1. The minimum Gasteiger partial charge on any atom is -0.458 e. The van der Waals surface area contributed by atoms with Crippen LogP contribution in [0.15, 0.2) is 72.8 Å². The lowest BCUT2D eigenvalue weighted by Gasteiger charge is -2.04. The fourth-order valence-electron chi connectivity index (χ4n) is 1.76. The topological polar surface area (TPSA) is 84.5 Å². The van der Waals surface area contributed by atoms with Gasteiger partial charge in [-0.1, -0.05) is 48.5 Å². The molecule has 0 atom stereocenters. The number of urea groups is 1. The van der Waals surface area contributed by atoms with Crippen LogP contribution in [0.5, 0.6) is 0 Å². The summed E-state index contributed by atoms with van der Waals surface area (Å²) in [6, 6.07) is 17.1. The van der Waals surface area contributed by atoms with E-state index >= 15 is 0 Å². The Hall–Kier alpha value is -3.41. The van der Waals surface area contributed by atoms with Crippen molar-refractivity contribution in [2.24, 2.45) is 0 Å². The Labute approximate surface area is 139 Å².